The number of anilines is 1. The molecule has 0 spiro atoms. The normalized spacial score (nSPS) is 11.1. The number of nitrogens with two attached hydrogens (primary N) is 1. The lowest BCUT2D eigenvalue weighted by Gasteiger charge is -2.08. The average Bonchev–Trinajstić information content (AvgIpc) is 2.48. The van der Waals surface area contributed by atoms with Crippen molar-refractivity contribution in [1.82, 2.24) is 0 Å². The molecule has 0 aliphatic rings. The Kier molecular flexibility index (Phi) is 5.16. The summed E-state index contributed by atoms with van der Waals surface area (Å²) in [5, 5.41) is 0. The van der Waals surface area contributed by atoms with Gasteiger partial charge >= 0.3 is 0 Å². The van der Waals surface area contributed by atoms with Crippen LogP contribution in [0.15, 0.2) is 54.6 Å². The van der Waals surface area contributed by atoms with Crippen LogP contribution in [-0.4, -0.2) is 20.1 Å². The van der Waals surface area contributed by atoms with Crippen molar-refractivity contribution in [2.24, 2.45) is 5.73 Å². The second-order valence-corrected chi connectivity index (χ2v) is 6.79. The number of hydrogen-bond donors (Lipinski definition) is 2. The Balaban J connectivity index is 1.89. The lowest BCUT2D eigenvalue weighted by molar-refractivity contribution is 0.100. The molecule has 0 aliphatic carbocycles. The summed E-state index contributed by atoms with van der Waals surface area (Å²) >= 11 is 0. The summed E-state index contributed by atoms with van der Waals surface area (Å²) in [7, 11) is -3.40. The third-order valence-corrected chi connectivity index (χ3v) is 4.54. The van der Waals surface area contributed by atoms with Gasteiger partial charge in [-0.2, -0.15) is 0 Å². The topological polar surface area (TPSA) is 89.3 Å². The number of primary amides is 1. The highest BCUT2D eigenvalue weighted by Gasteiger charge is 2.10. The van der Waals surface area contributed by atoms with Gasteiger partial charge in [0.1, 0.15) is 0 Å². The van der Waals surface area contributed by atoms with Gasteiger partial charge < -0.3 is 5.73 Å². The maximum absolute atomic E-state index is 12.0. The van der Waals surface area contributed by atoms with Gasteiger partial charge in [0.25, 0.3) is 0 Å². The van der Waals surface area contributed by atoms with Gasteiger partial charge in [-0.05, 0) is 42.7 Å². The summed E-state index contributed by atoms with van der Waals surface area (Å²) < 4.78 is 26.5. The first-order chi connectivity index (χ1) is 10.5. The van der Waals surface area contributed by atoms with E-state index in [1.165, 1.54) is 24.3 Å². The fourth-order valence-corrected chi connectivity index (χ4v) is 3.17. The lowest BCUT2D eigenvalue weighted by atomic mass is 10.1. The van der Waals surface area contributed by atoms with Gasteiger partial charge in [0.15, 0.2) is 0 Å². The number of hydrogen-bond acceptors (Lipinski definition) is 3. The lowest BCUT2D eigenvalue weighted by Crippen LogP contribution is -2.17. The fraction of sp³-hybridized carbons (Fsp3) is 0.188. The third kappa shape index (κ3) is 4.89. The van der Waals surface area contributed by atoms with Crippen LogP contribution in [0.5, 0.6) is 0 Å². The molecule has 5 nitrogen and oxygen atoms in total. The Labute approximate surface area is 130 Å². The van der Waals surface area contributed by atoms with E-state index in [4.69, 9.17) is 5.73 Å². The zero-order chi connectivity index (χ0) is 16.0. The SMILES string of the molecule is NC(=O)c1ccc(NS(=O)(=O)CCCc2ccccc2)cc1. The van der Waals surface area contributed by atoms with E-state index in [9.17, 15) is 13.2 Å². The smallest absolute Gasteiger partial charge is 0.248 e. The molecule has 0 bridgehead atoms. The molecule has 0 heterocycles. The minimum atomic E-state index is -3.40. The van der Waals surface area contributed by atoms with Crippen LogP contribution in [0.4, 0.5) is 5.69 Å². The Morgan fingerprint density at radius 2 is 1.64 bits per heavy atom. The molecule has 0 aromatic heterocycles. The molecule has 2 rings (SSSR count). The second-order valence-electron chi connectivity index (χ2n) is 4.95. The van der Waals surface area contributed by atoms with Crippen LogP contribution >= 0.6 is 0 Å². The van der Waals surface area contributed by atoms with Gasteiger partial charge in [0.2, 0.25) is 15.9 Å². The van der Waals surface area contributed by atoms with E-state index >= 15 is 0 Å². The van der Waals surface area contributed by atoms with Gasteiger partial charge in [-0.3, -0.25) is 9.52 Å². The number of rotatable bonds is 7. The summed E-state index contributed by atoms with van der Waals surface area (Å²) in [4.78, 5) is 11.0. The first-order valence-corrected chi connectivity index (χ1v) is 8.56. The minimum absolute atomic E-state index is 0.0411. The van der Waals surface area contributed by atoms with Crippen molar-refractivity contribution in [2.45, 2.75) is 12.8 Å². The average molecular weight is 318 g/mol. The number of amides is 1. The summed E-state index contributed by atoms with van der Waals surface area (Å²) in [6.45, 7) is 0. The summed E-state index contributed by atoms with van der Waals surface area (Å²) in [6, 6.07) is 15.8. The molecule has 0 saturated carbocycles. The molecule has 0 radical (unpaired) electrons. The Morgan fingerprint density at radius 1 is 1.00 bits per heavy atom. The number of benzene rings is 2. The van der Waals surface area contributed by atoms with Crippen LogP contribution in [0.3, 0.4) is 0 Å². The van der Waals surface area contributed by atoms with Crippen LogP contribution in [0.2, 0.25) is 0 Å². The Morgan fingerprint density at radius 3 is 2.23 bits per heavy atom. The molecule has 22 heavy (non-hydrogen) atoms. The highest BCUT2D eigenvalue weighted by molar-refractivity contribution is 7.92. The quantitative estimate of drug-likeness (QED) is 0.820. The predicted molar refractivity (Wildman–Crippen MR) is 87.1 cm³/mol. The van der Waals surface area contributed by atoms with E-state index in [0.29, 0.717) is 24.1 Å². The van der Waals surface area contributed by atoms with Gasteiger partial charge in [-0.15, -0.1) is 0 Å². The van der Waals surface area contributed by atoms with E-state index in [1.54, 1.807) is 0 Å². The predicted octanol–water partition coefficient (Wildman–Crippen LogP) is 2.16. The van der Waals surface area contributed by atoms with Crippen molar-refractivity contribution < 1.29 is 13.2 Å². The van der Waals surface area contributed by atoms with Gasteiger partial charge in [0, 0.05) is 11.3 Å². The highest BCUT2D eigenvalue weighted by Crippen LogP contribution is 2.12. The van der Waals surface area contributed by atoms with Crippen molar-refractivity contribution in [1.29, 1.82) is 0 Å². The molecule has 116 valence electrons. The molecule has 0 saturated heterocycles. The maximum Gasteiger partial charge on any atom is 0.248 e. The van der Waals surface area contributed by atoms with Gasteiger partial charge in [0.05, 0.1) is 5.75 Å². The van der Waals surface area contributed by atoms with Crippen molar-refractivity contribution >= 4 is 21.6 Å². The van der Waals surface area contributed by atoms with Gasteiger partial charge in [-0.1, -0.05) is 30.3 Å². The Bertz CT molecular complexity index is 726. The van der Waals surface area contributed by atoms with Crippen LogP contribution in [0, 0.1) is 0 Å². The summed E-state index contributed by atoms with van der Waals surface area (Å²) in [5.74, 6) is -0.503. The van der Waals surface area contributed by atoms with E-state index in [2.05, 4.69) is 4.72 Å². The standard InChI is InChI=1S/C16H18N2O3S/c17-16(19)14-8-10-15(11-9-14)18-22(20,21)12-4-7-13-5-2-1-3-6-13/h1-3,5-6,8-11,18H,4,7,12H2,(H2,17,19). The molecule has 6 heteroatoms. The molecule has 0 atom stereocenters. The highest BCUT2D eigenvalue weighted by atomic mass is 32.2. The van der Waals surface area contributed by atoms with Crippen LogP contribution in [0.25, 0.3) is 0 Å². The zero-order valence-electron chi connectivity index (χ0n) is 12.0. The van der Waals surface area contributed by atoms with Crippen molar-refractivity contribution in [3.63, 3.8) is 0 Å². The zero-order valence-corrected chi connectivity index (χ0v) is 12.8. The van der Waals surface area contributed by atoms with E-state index in [-0.39, 0.29) is 5.75 Å². The molecule has 0 aliphatic heterocycles. The minimum Gasteiger partial charge on any atom is -0.366 e. The third-order valence-electron chi connectivity index (χ3n) is 3.16. The number of sulfonamides is 1. The first kappa shape index (κ1) is 16.0. The van der Waals surface area contributed by atoms with Crippen molar-refractivity contribution in [2.75, 3.05) is 10.5 Å². The maximum atomic E-state index is 12.0. The number of carbonyl (C=O) groups excluding carboxylic acids is 1. The number of aryl methyl sites for hydroxylation is 1. The summed E-state index contributed by atoms with van der Waals surface area (Å²) in [5.41, 5.74) is 7.01. The Hall–Kier alpha value is -2.34. The van der Waals surface area contributed by atoms with E-state index < -0.39 is 15.9 Å². The molecule has 0 fully saturated rings. The molecular weight excluding hydrogens is 300 g/mol. The molecular formula is C16H18N2O3S. The molecule has 3 N–H and O–H groups in total. The fourth-order valence-electron chi connectivity index (χ4n) is 2.04. The van der Waals surface area contributed by atoms with Crippen LogP contribution in [-0.2, 0) is 16.4 Å². The monoisotopic (exact) mass is 318 g/mol. The molecule has 0 unspecified atom stereocenters. The van der Waals surface area contributed by atoms with E-state index in [0.717, 1.165) is 5.56 Å². The van der Waals surface area contributed by atoms with Crippen LogP contribution < -0.4 is 10.5 Å². The van der Waals surface area contributed by atoms with E-state index in [1.807, 2.05) is 30.3 Å². The largest absolute Gasteiger partial charge is 0.366 e. The van der Waals surface area contributed by atoms with Crippen molar-refractivity contribution in [3.05, 3.63) is 65.7 Å². The molecule has 2 aromatic carbocycles. The van der Waals surface area contributed by atoms with Crippen LogP contribution in [0.1, 0.15) is 22.3 Å². The van der Waals surface area contributed by atoms with Gasteiger partial charge in [-0.25, -0.2) is 8.42 Å². The first-order valence-electron chi connectivity index (χ1n) is 6.90. The molecule has 1 amide bonds. The second kappa shape index (κ2) is 7.09. The summed E-state index contributed by atoms with van der Waals surface area (Å²) in [6.07, 6.45) is 1.25. The number of nitrogens with one attached hydrogen (secondary N) is 1. The molecule has 2 aromatic rings. The van der Waals surface area contributed by atoms with Crippen molar-refractivity contribution in [3.8, 4) is 0 Å². The number of carbonyl (C=O) groups is 1.